The lowest BCUT2D eigenvalue weighted by atomic mass is 9.57. The SMILES string of the molecule is CC(C)=CCc1c2c(cc3[nH]c(=O)oc13)[C@@]1(CC34NC(=O)[C@]5(CCCN5C3=O)C[C@@H]4C1(C)C)C(=O)N2. The van der Waals surface area contributed by atoms with Gasteiger partial charge < -0.3 is 20.0 Å². The van der Waals surface area contributed by atoms with Crippen molar-refractivity contribution in [2.75, 3.05) is 11.9 Å². The lowest BCUT2D eigenvalue weighted by Gasteiger charge is -2.59. The number of anilines is 1. The zero-order valence-electron chi connectivity index (χ0n) is 21.0. The second kappa shape index (κ2) is 6.30. The van der Waals surface area contributed by atoms with Crippen molar-refractivity contribution >= 4 is 34.5 Å². The van der Waals surface area contributed by atoms with Crippen LogP contribution in [-0.2, 0) is 26.2 Å². The molecule has 2 aromatic rings. The molecule has 9 heteroatoms. The van der Waals surface area contributed by atoms with Crippen molar-refractivity contribution < 1.29 is 18.8 Å². The molecular weight excluding hydrogens is 460 g/mol. The van der Waals surface area contributed by atoms with Gasteiger partial charge in [-0.3, -0.25) is 19.4 Å². The average molecular weight is 491 g/mol. The summed E-state index contributed by atoms with van der Waals surface area (Å²) in [4.78, 5) is 58.3. The maximum atomic E-state index is 14.1. The molecule has 5 aliphatic heterocycles. The highest BCUT2D eigenvalue weighted by Crippen LogP contribution is 2.70. The molecule has 1 aromatic carbocycles. The summed E-state index contributed by atoms with van der Waals surface area (Å²) in [7, 11) is 0. The third-order valence-electron chi connectivity index (χ3n) is 10.1. The van der Waals surface area contributed by atoms with Crippen LogP contribution in [0.1, 0.15) is 64.5 Å². The van der Waals surface area contributed by atoms with E-state index in [1.165, 1.54) is 0 Å². The van der Waals surface area contributed by atoms with E-state index >= 15 is 0 Å². The van der Waals surface area contributed by atoms with Crippen LogP contribution in [0.5, 0.6) is 0 Å². The summed E-state index contributed by atoms with van der Waals surface area (Å²) in [6.45, 7) is 8.70. The van der Waals surface area contributed by atoms with Gasteiger partial charge in [-0.15, -0.1) is 0 Å². The van der Waals surface area contributed by atoms with Crippen molar-refractivity contribution in [2.45, 2.75) is 76.3 Å². The van der Waals surface area contributed by atoms with Crippen molar-refractivity contribution in [1.29, 1.82) is 0 Å². The Morgan fingerprint density at radius 1 is 1.19 bits per heavy atom. The molecule has 1 saturated carbocycles. The molecule has 0 radical (unpaired) electrons. The first-order valence-electron chi connectivity index (χ1n) is 12.8. The summed E-state index contributed by atoms with van der Waals surface area (Å²) in [5.41, 5.74) is 0.626. The van der Waals surface area contributed by atoms with Crippen LogP contribution in [0.15, 0.2) is 26.9 Å². The molecular formula is C27H30N4O5. The van der Waals surface area contributed by atoms with Crippen LogP contribution in [0.2, 0.25) is 0 Å². The number of carbonyl (C=O) groups is 3. The molecule has 3 spiro atoms. The Morgan fingerprint density at radius 3 is 2.72 bits per heavy atom. The van der Waals surface area contributed by atoms with Gasteiger partial charge in [-0.1, -0.05) is 25.5 Å². The molecule has 2 bridgehead atoms. The zero-order valence-corrected chi connectivity index (χ0v) is 21.0. The number of aromatic amines is 1. The number of allylic oxidation sites excluding steroid dienone is 2. The minimum absolute atomic E-state index is 0.0513. The topological polar surface area (TPSA) is 125 Å². The van der Waals surface area contributed by atoms with E-state index in [1.54, 1.807) is 4.90 Å². The van der Waals surface area contributed by atoms with Crippen LogP contribution in [0, 0.1) is 11.3 Å². The van der Waals surface area contributed by atoms with Crippen LogP contribution >= 0.6 is 0 Å². The van der Waals surface area contributed by atoms with Gasteiger partial charge in [0.05, 0.1) is 16.6 Å². The summed E-state index contributed by atoms with van der Waals surface area (Å²) >= 11 is 0. The number of nitrogens with zero attached hydrogens (tertiary/aromatic N) is 1. The number of piperidine rings is 2. The maximum Gasteiger partial charge on any atom is 0.417 e. The number of aromatic nitrogens is 1. The molecule has 36 heavy (non-hydrogen) atoms. The minimum Gasteiger partial charge on any atom is -0.407 e. The summed E-state index contributed by atoms with van der Waals surface area (Å²) in [6.07, 6.45) is 4.76. The van der Waals surface area contributed by atoms with E-state index in [-0.39, 0.29) is 30.1 Å². The Labute approximate surface area is 207 Å². The minimum atomic E-state index is -1.12. The van der Waals surface area contributed by atoms with E-state index in [0.717, 1.165) is 23.1 Å². The largest absolute Gasteiger partial charge is 0.417 e. The van der Waals surface area contributed by atoms with E-state index in [0.29, 0.717) is 42.6 Å². The number of benzene rings is 1. The number of hydrogen-bond acceptors (Lipinski definition) is 5. The van der Waals surface area contributed by atoms with Gasteiger partial charge in [-0.25, -0.2) is 4.79 Å². The number of hydrogen-bond donors (Lipinski definition) is 3. The first-order valence-corrected chi connectivity index (χ1v) is 12.8. The molecule has 3 N–H and O–H groups in total. The van der Waals surface area contributed by atoms with Gasteiger partial charge in [-0.05, 0) is 63.0 Å². The fraction of sp³-hybridized carbons (Fsp3) is 0.556. The van der Waals surface area contributed by atoms with Crippen molar-refractivity contribution in [2.24, 2.45) is 11.3 Å². The Hall–Kier alpha value is -3.36. The molecule has 5 fully saturated rings. The Balaban J connectivity index is 1.48. The van der Waals surface area contributed by atoms with Gasteiger partial charge in [-0.2, -0.15) is 0 Å². The predicted molar refractivity (Wildman–Crippen MR) is 131 cm³/mol. The van der Waals surface area contributed by atoms with E-state index < -0.39 is 27.7 Å². The monoisotopic (exact) mass is 490 g/mol. The predicted octanol–water partition coefficient (Wildman–Crippen LogP) is 2.50. The molecule has 4 saturated heterocycles. The molecule has 6 aliphatic rings. The molecule has 1 unspecified atom stereocenters. The number of fused-ring (bicyclic) bond motifs is 4. The van der Waals surface area contributed by atoms with Crippen LogP contribution in [0.3, 0.4) is 0 Å². The van der Waals surface area contributed by atoms with E-state index in [9.17, 15) is 19.2 Å². The maximum absolute atomic E-state index is 14.1. The van der Waals surface area contributed by atoms with Gasteiger partial charge in [0.2, 0.25) is 17.7 Å². The first-order chi connectivity index (χ1) is 17.0. The van der Waals surface area contributed by atoms with Crippen LogP contribution < -0.4 is 16.4 Å². The lowest BCUT2D eigenvalue weighted by molar-refractivity contribution is -0.175. The number of H-pyrrole nitrogens is 1. The summed E-state index contributed by atoms with van der Waals surface area (Å²) in [5, 5.41) is 6.30. The third-order valence-corrected chi connectivity index (χ3v) is 10.1. The summed E-state index contributed by atoms with van der Waals surface area (Å²) in [6, 6.07) is 1.84. The van der Waals surface area contributed by atoms with Crippen LogP contribution in [-0.4, -0.2) is 45.2 Å². The van der Waals surface area contributed by atoms with Gasteiger partial charge in [0.1, 0.15) is 11.1 Å². The smallest absolute Gasteiger partial charge is 0.407 e. The van der Waals surface area contributed by atoms with E-state index in [2.05, 4.69) is 29.5 Å². The first kappa shape index (κ1) is 21.9. The molecule has 188 valence electrons. The number of piperazine rings is 1. The molecule has 6 heterocycles. The van der Waals surface area contributed by atoms with E-state index in [4.69, 9.17) is 4.42 Å². The number of rotatable bonds is 2. The Morgan fingerprint density at radius 2 is 1.97 bits per heavy atom. The van der Waals surface area contributed by atoms with Gasteiger partial charge in [0.25, 0.3) is 0 Å². The Kier molecular flexibility index (Phi) is 3.83. The number of oxazole rings is 1. The highest BCUT2D eigenvalue weighted by molar-refractivity contribution is 6.13. The highest BCUT2D eigenvalue weighted by atomic mass is 16.4. The second-order valence-electron chi connectivity index (χ2n) is 12.2. The molecule has 8 rings (SSSR count). The second-order valence-corrected chi connectivity index (χ2v) is 12.2. The summed E-state index contributed by atoms with van der Waals surface area (Å²) in [5.74, 6) is -1.04. The normalized spacial score (nSPS) is 35.2. The number of amides is 3. The van der Waals surface area contributed by atoms with E-state index in [1.807, 2.05) is 26.0 Å². The highest BCUT2D eigenvalue weighted by Gasteiger charge is 2.80. The fourth-order valence-corrected chi connectivity index (χ4v) is 8.43. The van der Waals surface area contributed by atoms with Crippen molar-refractivity contribution in [1.82, 2.24) is 15.2 Å². The summed E-state index contributed by atoms with van der Waals surface area (Å²) < 4.78 is 5.51. The Bertz CT molecular complexity index is 1510. The zero-order chi connectivity index (χ0) is 25.4. The molecule has 4 atom stereocenters. The molecule has 1 aromatic heterocycles. The molecule has 3 amide bonds. The fourth-order valence-electron chi connectivity index (χ4n) is 8.43. The van der Waals surface area contributed by atoms with Crippen molar-refractivity contribution in [3.8, 4) is 0 Å². The van der Waals surface area contributed by atoms with Gasteiger partial charge in [0, 0.05) is 18.0 Å². The van der Waals surface area contributed by atoms with Crippen molar-refractivity contribution in [3.63, 3.8) is 0 Å². The molecule has 1 aliphatic carbocycles. The van der Waals surface area contributed by atoms with Crippen LogP contribution in [0.4, 0.5) is 5.69 Å². The van der Waals surface area contributed by atoms with Crippen LogP contribution in [0.25, 0.3) is 11.1 Å². The number of nitrogens with one attached hydrogen (secondary N) is 3. The number of carbonyl (C=O) groups excluding carboxylic acids is 3. The third kappa shape index (κ3) is 2.16. The van der Waals surface area contributed by atoms with Gasteiger partial charge >= 0.3 is 5.76 Å². The quantitative estimate of drug-likeness (QED) is 0.558. The average Bonchev–Trinajstić information content (AvgIpc) is 3.51. The lowest BCUT2D eigenvalue weighted by Crippen LogP contribution is -2.81. The van der Waals surface area contributed by atoms with Gasteiger partial charge in [0.15, 0.2) is 5.58 Å². The molecule has 9 nitrogen and oxygen atoms in total. The van der Waals surface area contributed by atoms with Crippen molar-refractivity contribution in [3.05, 3.63) is 39.4 Å². The standard InChI is InChI=1S/C27H30N4O5/c1-13(2)6-7-14-18-15(10-16-19(14)36-23(35)28-16)26(21(33)29-18)12-27-17(24(26,3)4)11-25(20(32)30-27)8-5-9-31(25)22(27)34/h6,10,17H,5,7-9,11-12H2,1-4H3,(H,28,35)(H,29,33)(H,30,32)/t17-,25+,26+,27?/m1/s1.